The molecular formula is C25H30N4O3. The number of nitrogen functional groups attached to an aromatic ring is 1. The Balaban J connectivity index is 2.03. The average molecular weight is 435 g/mol. The summed E-state index contributed by atoms with van der Waals surface area (Å²) in [5, 5.41) is 0. The molecule has 32 heavy (non-hydrogen) atoms. The highest BCUT2D eigenvalue weighted by atomic mass is 16.2. The summed E-state index contributed by atoms with van der Waals surface area (Å²) in [5.41, 5.74) is 7.55. The number of aromatic amines is 1. The number of anilines is 2. The summed E-state index contributed by atoms with van der Waals surface area (Å²) < 4.78 is 1.33. The smallest absolute Gasteiger partial charge is 0.330 e. The lowest BCUT2D eigenvalue weighted by Gasteiger charge is -2.26. The van der Waals surface area contributed by atoms with E-state index >= 15 is 0 Å². The number of carbonyl (C=O) groups excluding carboxylic acids is 1. The first-order valence-corrected chi connectivity index (χ1v) is 10.9. The summed E-state index contributed by atoms with van der Waals surface area (Å²) in [6.45, 7) is 6.58. The Morgan fingerprint density at radius 2 is 1.66 bits per heavy atom. The fourth-order valence-corrected chi connectivity index (χ4v) is 3.61. The standard InChI is InChI=1S/C25H30N4O3/c1-4-5-15-28-22(26)21(23(30)27-25(28)32)29(16-17(2)3)24(31)20-13-11-19(12-14-20)18-9-7-6-8-10-18/h6-14,17H,4-5,15-16,26H2,1-3H3,(H,27,30,32). The number of unbranched alkanes of at least 4 members (excludes halogenated alkanes) is 1. The molecule has 7 nitrogen and oxygen atoms in total. The van der Waals surface area contributed by atoms with Gasteiger partial charge in [0.15, 0.2) is 5.69 Å². The maximum absolute atomic E-state index is 13.5. The summed E-state index contributed by atoms with van der Waals surface area (Å²) >= 11 is 0. The van der Waals surface area contributed by atoms with E-state index in [4.69, 9.17) is 5.73 Å². The lowest BCUT2D eigenvalue weighted by Crippen LogP contribution is -2.42. The van der Waals surface area contributed by atoms with Crippen molar-refractivity contribution in [3.8, 4) is 11.1 Å². The molecule has 3 rings (SSSR count). The SMILES string of the molecule is CCCCn1c(N)c(N(CC(C)C)C(=O)c2ccc(-c3ccccc3)cc2)c(=O)[nH]c1=O. The summed E-state index contributed by atoms with van der Waals surface area (Å²) in [7, 11) is 0. The van der Waals surface area contributed by atoms with Gasteiger partial charge >= 0.3 is 5.69 Å². The van der Waals surface area contributed by atoms with Crippen LogP contribution >= 0.6 is 0 Å². The van der Waals surface area contributed by atoms with Crippen molar-refractivity contribution in [1.29, 1.82) is 0 Å². The molecule has 7 heteroatoms. The van der Waals surface area contributed by atoms with E-state index in [-0.39, 0.29) is 23.3 Å². The number of carbonyl (C=O) groups is 1. The number of H-pyrrole nitrogens is 1. The Bertz CT molecular complexity index is 1180. The molecule has 0 spiro atoms. The molecule has 0 fully saturated rings. The molecule has 1 heterocycles. The minimum absolute atomic E-state index is 0.0158. The first kappa shape index (κ1) is 23.1. The van der Waals surface area contributed by atoms with Crippen LogP contribution in [0.15, 0.2) is 64.2 Å². The van der Waals surface area contributed by atoms with Gasteiger partial charge in [0.1, 0.15) is 5.82 Å². The number of rotatable bonds is 8. The van der Waals surface area contributed by atoms with E-state index in [2.05, 4.69) is 4.98 Å². The molecule has 3 aromatic rings. The molecule has 0 aliphatic rings. The monoisotopic (exact) mass is 434 g/mol. The molecule has 0 atom stereocenters. The van der Waals surface area contributed by atoms with E-state index in [1.54, 1.807) is 12.1 Å². The van der Waals surface area contributed by atoms with Crippen molar-refractivity contribution in [1.82, 2.24) is 9.55 Å². The predicted molar refractivity (Wildman–Crippen MR) is 129 cm³/mol. The summed E-state index contributed by atoms with van der Waals surface area (Å²) in [6, 6.07) is 17.1. The zero-order valence-electron chi connectivity index (χ0n) is 18.8. The molecule has 0 aliphatic heterocycles. The second-order valence-electron chi connectivity index (χ2n) is 8.25. The first-order valence-electron chi connectivity index (χ1n) is 10.9. The fraction of sp³-hybridized carbons (Fsp3) is 0.320. The van der Waals surface area contributed by atoms with Crippen LogP contribution in [0.5, 0.6) is 0 Å². The summed E-state index contributed by atoms with van der Waals surface area (Å²) in [6.07, 6.45) is 1.59. The Kier molecular flexibility index (Phi) is 7.30. The van der Waals surface area contributed by atoms with Crippen molar-refractivity contribution in [2.45, 2.75) is 40.2 Å². The van der Waals surface area contributed by atoms with Crippen LogP contribution in [0.3, 0.4) is 0 Å². The van der Waals surface area contributed by atoms with Crippen LogP contribution in [0.1, 0.15) is 44.0 Å². The quantitative estimate of drug-likeness (QED) is 0.562. The van der Waals surface area contributed by atoms with Crippen LogP contribution in [0.2, 0.25) is 0 Å². The number of nitrogens with two attached hydrogens (primary N) is 1. The maximum atomic E-state index is 13.5. The van der Waals surface area contributed by atoms with Crippen molar-refractivity contribution in [2.75, 3.05) is 17.2 Å². The minimum Gasteiger partial charge on any atom is -0.383 e. The van der Waals surface area contributed by atoms with Crippen LogP contribution in [-0.2, 0) is 6.54 Å². The minimum atomic E-state index is -0.657. The van der Waals surface area contributed by atoms with E-state index in [1.807, 2.05) is 63.2 Å². The van der Waals surface area contributed by atoms with Gasteiger partial charge in [-0.15, -0.1) is 0 Å². The van der Waals surface area contributed by atoms with Crippen LogP contribution < -0.4 is 21.9 Å². The van der Waals surface area contributed by atoms with Crippen LogP contribution in [0.4, 0.5) is 11.5 Å². The average Bonchev–Trinajstić information content (AvgIpc) is 2.78. The maximum Gasteiger partial charge on any atom is 0.330 e. The normalized spacial score (nSPS) is 11.0. The third-order valence-corrected chi connectivity index (χ3v) is 5.25. The van der Waals surface area contributed by atoms with Gasteiger partial charge in [-0.1, -0.05) is 69.7 Å². The number of benzene rings is 2. The highest BCUT2D eigenvalue weighted by molar-refractivity contribution is 6.07. The lowest BCUT2D eigenvalue weighted by atomic mass is 10.0. The van der Waals surface area contributed by atoms with E-state index in [0.29, 0.717) is 18.7 Å². The van der Waals surface area contributed by atoms with E-state index < -0.39 is 11.2 Å². The van der Waals surface area contributed by atoms with E-state index in [1.165, 1.54) is 9.47 Å². The Morgan fingerprint density at radius 1 is 1.03 bits per heavy atom. The zero-order valence-corrected chi connectivity index (χ0v) is 18.8. The fourth-order valence-electron chi connectivity index (χ4n) is 3.61. The van der Waals surface area contributed by atoms with Gasteiger partial charge in [0.2, 0.25) is 0 Å². The van der Waals surface area contributed by atoms with E-state index in [0.717, 1.165) is 24.0 Å². The number of hydrogen-bond donors (Lipinski definition) is 2. The van der Waals surface area contributed by atoms with Gasteiger partial charge in [-0.25, -0.2) is 4.79 Å². The molecule has 2 aromatic carbocycles. The first-order chi connectivity index (χ1) is 15.3. The zero-order chi connectivity index (χ0) is 23.3. The Labute approximate surface area is 187 Å². The highest BCUT2D eigenvalue weighted by Crippen LogP contribution is 2.23. The van der Waals surface area contributed by atoms with Crippen molar-refractivity contribution in [3.05, 3.63) is 81.0 Å². The Morgan fingerprint density at radius 3 is 2.25 bits per heavy atom. The third-order valence-electron chi connectivity index (χ3n) is 5.25. The summed E-state index contributed by atoms with van der Waals surface area (Å²) in [5.74, 6) is -0.240. The molecule has 0 aliphatic carbocycles. The van der Waals surface area contributed by atoms with Gasteiger partial charge in [-0.05, 0) is 35.6 Å². The van der Waals surface area contributed by atoms with Crippen molar-refractivity contribution in [3.63, 3.8) is 0 Å². The van der Waals surface area contributed by atoms with Gasteiger partial charge in [-0.3, -0.25) is 19.1 Å². The number of nitrogens with zero attached hydrogens (tertiary/aromatic N) is 2. The van der Waals surface area contributed by atoms with Gasteiger partial charge in [0.25, 0.3) is 11.5 Å². The molecule has 0 saturated heterocycles. The molecule has 0 saturated carbocycles. The molecule has 1 aromatic heterocycles. The topological polar surface area (TPSA) is 101 Å². The number of hydrogen-bond acceptors (Lipinski definition) is 4. The van der Waals surface area contributed by atoms with Gasteiger partial charge < -0.3 is 10.6 Å². The number of amides is 1. The van der Waals surface area contributed by atoms with Crippen LogP contribution in [0.25, 0.3) is 11.1 Å². The number of nitrogens with one attached hydrogen (secondary N) is 1. The second-order valence-corrected chi connectivity index (χ2v) is 8.25. The van der Waals surface area contributed by atoms with Crippen LogP contribution in [0, 0.1) is 5.92 Å². The number of aromatic nitrogens is 2. The van der Waals surface area contributed by atoms with Gasteiger partial charge in [0, 0.05) is 18.7 Å². The molecule has 0 radical (unpaired) electrons. The largest absolute Gasteiger partial charge is 0.383 e. The lowest BCUT2D eigenvalue weighted by molar-refractivity contribution is 0.0983. The molecule has 168 valence electrons. The third kappa shape index (κ3) is 4.99. The molecule has 1 amide bonds. The molecule has 3 N–H and O–H groups in total. The van der Waals surface area contributed by atoms with Crippen molar-refractivity contribution >= 4 is 17.4 Å². The van der Waals surface area contributed by atoms with Crippen LogP contribution in [-0.4, -0.2) is 22.0 Å². The predicted octanol–water partition coefficient (Wildman–Crippen LogP) is 3.89. The van der Waals surface area contributed by atoms with Crippen molar-refractivity contribution < 1.29 is 4.79 Å². The van der Waals surface area contributed by atoms with Gasteiger partial charge in [0.05, 0.1) is 0 Å². The second kappa shape index (κ2) is 10.1. The van der Waals surface area contributed by atoms with Crippen molar-refractivity contribution in [2.24, 2.45) is 5.92 Å². The summed E-state index contributed by atoms with van der Waals surface area (Å²) in [4.78, 5) is 42.2. The Hall–Kier alpha value is -3.61. The molecule has 0 bridgehead atoms. The van der Waals surface area contributed by atoms with Gasteiger partial charge in [-0.2, -0.15) is 0 Å². The molecular weight excluding hydrogens is 404 g/mol. The highest BCUT2D eigenvalue weighted by Gasteiger charge is 2.26. The molecule has 0 unspecified atom stereocenters. The van der Waals surface area contributed by atoms with E-state index in [9.17, 15) is 14.4 Å².